The average molecular weight is 148 g/mol. The van der Waals surface area contributed by atoms with E-state index in [4.69, 9.17) is 4.74 Å². The largest absolute Gasteiger partial charge is 0.357 e. The van der Waals surface area contributed by atoms with Crippen LogP contribution in [0.25, 0.3) is 0 Å². The fraction of sp³-hybridized carbons (Fsp3) is 0.222. The van der Waals surface area contributed by atoms with Crippen molar-refractivity contribution in [3.8, 4) is 0 Å². The molecule has 57 valence electrons. The Morgan fingerprint density at radius 2 is 2.09 bits per heavy atom. The van der Waals surface area contributed by atoms with Crippen molar-refractivity contribution in [1.29, 1.82) is 0 Å². The molecule has 1 unspecified atom stereocenters. The molecule has 1 N–H and O–H groups in total. The third-order valence-corrected chi connectivity index (χ3v) is 1.82. The van der Waals surface area contributed by atoms with Crippen LogP contribution in [0.2, 0.25) is 0 Å². The SMILES string of the molecule is [CH]1NC(c2ccccc2)CO1. The van der Waals surface area contributed by atoms with Crippen LogP contribution in [0.4, 0.5) is 0 Å². The molecule has 0 amide bonds. The predicted molar refractivity (Wildman–Crippen MR) is 42.6 cm³/mol. The molecular weight excluding hydrogens is 138 g/mol. The second-order valence-electron chi connectivity index (χ2n) is 2.58. The summed E-state index contributed by atoms with van der Waals surface area (Å²) in [5.74, 6) is 0. The van der Waals surface area contributed by atoms with Crippen molar-refractivity contribution in [3.63, 3.8) is 0 Å². The predicted octanol–water partition coefficient (Wildman–Crippen LogP) is 1.47. The van der Waals surface area contributed by atoms with Crippen LogP contribution in [-0.2, 0) is 4.74 Å². The van der Waals surface area contributed by atoms with E-state index in [2.05, 4.69) is 17.4 Å². The van der Waals surface area contributed by atoms with E-state index in [0.717, 1.165) is 6.61 Å². The van der Waals surface area contributed by atoms with E-state index in [1.165, 1.54) is 5.56 Å². The molecule has 1 radical (unpaired) electrons. The topological polar surface area (TPSA) is 21.3 Å². The molecule has 1 saturated heterocycles. The van der Waals surface area contributed by atoms with Crippen LogP contribution in [0.1, 0.15) is 11.6 Å². The molecule has 1 aliphatic heterocycles. The van der Waals surface area contributed by atoms with Crippen LogP contribution in [0.15, 0.2) is 30.3 Å². The molecule has 0 saturated carbocycles. The van der Waals surface area contributed by atoms with E-state index in [0.29, 0.717) is 6.04 Å². The van der Waals surface area contributed by atoms with E-state index in [1.807, 2.05) is 18.2 Å². The molecule has 1 heterocycles. The lowest BCUT2D eigenvalue weighted by Gasteiger charge is -2.06. The summed E-state index contributed by atoms with van der Waals surface area (Å²) in [6.45, 7) is 2.39. The molecule has 2 rings (SSSR count). The molecule has 1 aliphatic rings. The molecule has 2 nitrogen and oxygen atoms in total. The fourth-order valence-corrected chi connectivity index (χ4v) is 1.20. The first kappa shape index (κ1) is 6.83. The summed E-state index contributed by atoms with van der Waals surface area (Å²) in [5, 5.41) is 3.13. The van der Waals surface area contributed by atoms with Crippen LogP contribution >= 0.6 is 0 Å². The lowest BCUT2D eigenvalue weighted by atomic mass is 10.1. The number of hydrogen-bond donors (Lipinski definition) is 1. The Balaban J connectivity index is 2.16. The molecule has 0 bridgehead atoms. The lowest BCUT2D eigenvalue weighted by Crippen LogP contribution is -2.11. The van der Waals surface area contributed by atoms with Gasteiger partial charge in [0.2, 0.25) is 0 Å². The summed E-state index contributed by atoms with van der Waals surface area (Å²) in [5.41, 5.74) is 1.28. The van der Waals surface area contributed by atoms with Gasteiger partial charge in [0.1, 0.15) is 6.73 Å². The van der Waals surface area contributed by atoms with Crippen molar-refractivity contribution in [2.75, 3.05) is 6.61 Å². The summed E-state index contributed by atoms with van der Waals surface area (Å²) < 4.78 is 5.08. The Morgan fingerprint density at radius 1 is 1.27 bits per heavy atom. The molecule has 1 aromatic rings. The van der Waals surface area contributed by atoms with Gasteiger partial charge in [-0.3, -0.25) is 5.32 Å². The molecule has 1 aromatic carbocycles. The van der Waals surface area contributed by atoms with E-state index >= 15 is 0 Å². The van der Waals surface area contributed by atoms with Gasteiger partial charge in [-0.1, -0.05) is 30.3 Å². The highest BCUT2D eigenvalue weighted by Gasteiger charge is 2.15. The Kier molecular flexibility index (Phi) is 1.88. The summed E-state index contributed by atoms with van der Waals surface area (Å²) >= 11 is 0. The Labute approximate surface area is 66.2 Å². The maximum Gasteiger partial charge on any atom is 0.148 e. The molecule has 1 fully saturated rings. The lowest BCUT2D eigenvalue weighted by molar-refractivity contribution is 0.246. The summed E-state index contributed by atoms with van der Waals surface area (Å²) in [6.07, 6.45) is 0. The monoisotopic (exact) mass is 148 g/mol. The van der Waals surface area contributed by atoms with Crippen LogP contribution in [-0.4, -0.2) is 6.61 Å². The number of ether oxygens (including phenoxy) is 1. The molecule has 0 spiro atoms. The fourth-order valence-electron chi connectivity index (χ4n) is 1.20. The quantitative estimate of drug-likeness (QED) is 0.651. The van der Waals surface area contributed by atoms with E-state index in [1.54, 1.807) is 6.73 Å². The van der Waals surface area contributed by atoms with Gasteiger partial charge >= 0.3 is 0 Å². The second kappa shape index (κ2) is 3.03. The molecular formula is C9H10NO. The Bertz CT molecular complexity index is 216. The summed E-state index contributed by atoms with van der Waals surface area (Å²) in [4.78, 5) is 0. The third-order valence-electron chi connectivity index (χ3n) is 1.82. The number of hydrogen-bond acceptors (Lipinski definition) is 2. The first-order chi connectivity index (χ1) is 5.47. The average Bonchev–Trinajstić information content (AvgIpc) is 2.58. The van der Waals surface area contributed by atoms with Crippen molar-refractivity contribution < 1.29 is 4.74 Å². The van der Waals surface area contributed by atoms with Crippen molar-refractivity contribution in [1.82, 2.24) is 5.32 Å². The van der Waals surface area contributed by atoms with E-state index < -0.39 is 0 Å². The van der Waals surface area contributed by atoms with Crippen molar-refractivity contribution in [2.45, 2.75) is 6.04 Å². The van der Waals surface area contributed by atoms with Gasteiger partial charge < -0.3 is 4.74 Å². The molecule has 2 heteroatoms. The van der Waals surface area contributed by atoms with Gasteiger partial charge in [-0.25, -0.2) is 0 Å². The Morgan fingerprint density at radius 3 is 2.73 bits per heavy atom. The minimum atomic E-state index is 0.344. The first-order valence-corrected chi connectivity index (χ1v) is 3.71. The van der Waals surface area contributed by atoms with Crippen molar-refractivity contribution >= 4 is 0 Å². The number of benzene rings is 1. The smallest absolute Gasteiger partial charge is 0.148 e. The first-order valence-electron chi connectivity index (χ1n) is 3.71. The van der Waals surface area contributed by atoms with Crippen LogP contribution < -0.4 is 5.32 Å². The zero-order valence-electron chi connectivity index (χ0n) is 6.16. The highest BCUT2D eigenvalue weighted by molar-refractivity contribution is 5.19. The Hall–Kier alpha value is -0.860. The highest BCUT2D eigenvalue weighted by Crippen LogP contribution is 2.17. The van der Waals surface area contributed by atoms with Gasteiger partial charge in [-0.05, 0) is 5.56 Å². The molecule has 11 heavy (non-hydrogen) atoms. The van der Waals surface area contributed by atoms with Crippen LogP contribution in [0.5, 0.6) is 0 Å². The van der Waals surface area contributed by atoms with Crippen LogP contribution in [0.3, 0.4) is 0 Å². The van der Waals surface area contributed by atoms with Crippen LogP contribution in [0, 0.1) is 6.73 Å². The maximum absolute atomic E-state index is 5.08. The van der Waals surface area contributed by atoms with Crippen molar-refractivity contribution in [3.05, 3.63) is 42.6 Å². The molecule has 1 atom stereocenters. The highest BCUT2D eigenvalue weighted by atomic mass is 16.5. The van der Waals surface area contributed by atoms with Gasteiger partial charge in [0, 0.05) is 0 Å². The zero-order chi connectivity index (χ0) is 7.52. The molecule has 0 aromatic heterocycles. The second-order valence-corrected chi connectivity index (χ2v) is 2.58. The standard InChI is InChI=1S/C9H10NO/c1-2-4-8(5-3-1)9-6-11-7-10-9/h1-5,7,9-10H,6H2. The minimum absolute atomic E-state index is 0.344. The van der Waals surface area contributed by atoms with E-state index in [9.17, 15) is 0 Å². The summed E-state index contributed by atoms with van der Waals surface area (Å²) in [7, 11) is 0. The van der Waals surface area contributed by atoms with Gasteiger partial charge in [0.05, 0.1) is 12.6 Å². The van der Waals surface area contributed by atoms with Gasteiger partial charge in [0.15, 0.2) is 0 Å². The molecule has 0 aliphatic carbocycles. The van der Waals surface area contributed by atoms with E-state index in [-0.39, 0.29) is 0 Å². The maximum atomic E-state index is 5.08. The number of rotatable bonds is 1. The number of nitrogens with one attached hydrogen (secondary N) is 1. The zero-order valence-corrected chi connectivity index (χ0v) is 6.16. The van der Waals surface area contributed by atoms with Gasteiger partial charge in [0.25, 0.3) is 0 Å². The third kappa shape index (κ3) is 1.42. The minimum Gasteiger partial charge on any atom is -0.357 e. The van der Waals surface area contributed by atoms with Gasteiger partial charge in [-0.15, -0.1) is 0 Å². The van der Waals surface area contributed by atoms with Crippen molar-refractivity contribution in [2.24, 2.45) is 0 Å². The normalized spacial score (nSPS) is 23.8. The summed E-state index contributed by atoms with van der Waals surface area (Å²) in [6, 6.07) is 10.6. The van der Waals surface area contributed by atoms with Gasteiger partial charge in [-0.2, -0.15) is 0 Å².